The van der Waals surface area contributed by atoms with Crippen LogP contribution in [-0.4, -0.2) is 4.57 Å². The first-order valence-electron chi connectivity index (χ1n) is 13.2. The van der Waals surface area contributed by atoms with Crippen molar-refractivity contribution in [2.45, 2.75) is 0 Å². The Labute approximate surface area is 227 Å². The average molecular weight is 518 g/mol. The van der Waals surface area contributed by atoms with Crippen molar-refractivity contribution in [2.24, 2.45) is 0 Å². The fourth-order valence-corrected chi connectivity index (χ4v) is 9.61. The van der Waals surface area contributed by atoms with Crippen molar-refractivity contribution in [3.05, 3.63) is 146 Å². The molecule has 1 aromatic heterocycles. The van der Waals surface area contributed by atoms with E-state index in [1.165, 1.54) is 0 Å². The molecule has 0 fully saturated rings. The molecule has 1 aliphatic heterocycles. The molecule has 0 spiro atoms. The molecule has 0 amide bonds. The number of aromatic nitrogens is 1. The van der Waals surface area contributed by atoms with E-state index < -0.39 is 7.14 Å². The summed E-state index contributed by atoms with van der Waals surface area (Å²) >= 11 is 0. The zero-order valence-corrected chi connectivity index (χ0v) is 22.1. The lowest BCUT2D eigenvalue weighted by molar-refractivity contribution is 0.593. The summed E-state index contributed by atoms with van der Waals surface area (Å²) in [5.41, 5.74) is 7.64. The smallest absolute Gasteiger partial charge is 0.174 e. The van der Waals surface area contributed by atoms with E-state index in [1.54, 1.807) is 0 Å². The lowest BCUT2D eigenvalue weighted by atomic mass is 10.0. The van der Waals surface area contributed by atoms with Crippen LogP contribution in [0.4, 0.5) is 0 Å². The summed E-state index contributed by atoms with van der Waals surface area (Å²) in [4.78, 5) is 0. The van der Waals surface area contributed by atoms with Gasteiger partial charge in [0.2, 0.25) is 0 Å². The molecule has 2 heterocycles. The van der Waals surface area contributed by atoms with E-state index in [2.05, 4.69) is 102 Å². The van der Waals surface area contributed by atoms with Crippen LogP contribution in [0.3, 0.4) is 0 Å². The summed E-state index contributed by atoms with van der Waals surface area (Å²) in [5.74, 6) is 0. The molecule has 0 saturated carbocycles. The molecule has 8 rings (SSSR count). The van der Waals surface area contributed by atoms with Crippen LogP contribution in [0.15, 0.2) is 146 Å². The maximum atomic E-state index is 15.7. The van der Waals surface area contributed by atoms with Gasteiger partial charge >= 0.3 is 0 Å². The molecule has 3 heteroatoms. The van der Waals surface area contributed by atoms with Gasteiger partial charge < -0.3 is 9.13 Å². The predicted octanol–water partition coefficient (Wildman–Crippen LogP) is 8.07. The molecule has 184 valence electrons. The summed E-state index contributed by atoms with van der Waals surface area (Å²) in [6.07, 6.45) is 0. The topological polar surface area (TPSA) is 22.0 Å². The molecule has 0 N–H and O–H groups in total. The second-order valence-corrected chi connectivity index (χ2v) is 12.7. The van der Waals surface area contributed by atoms with Crippen LogP contribution >= 0.6 is 7.14 Å². The maximum Gasteiger partial charge on any atom is 0.174 e. The van der Waals surface area contributed by atoms with E-state index in [1.807, 2.05) is 48.5 Å². The summed E-state index contributed by atoms with van der Waals surface area (Å²) < 4.78 is 18.0. The highest BCUT2D eigenvalue weighted by molar-refractivity contribution is 7.86. The van der Waals surface area contributed by atoms with Gasteiger partial charge in [0.05, 0.1) is 22.0 Å². The average Bonchev–Trinajstić information content (AvgIpc) is 3.48. The van der Waals surface area contributed by atoms with Crippen LogP contribution in [0.25, 0.3) is 49.7 Å². The standard InChI is InChI=1S/C36H24NOP/c38-39(26-15-5-2-6-16-26)34-22-12-9-19-29(34)31-24-23-30-28-18-8-11-21-33(28)37(35(30)36(31)39)32-20-10-7-17-27(32)25-13-3-1-4-14-25/h1-24H. The molecule has 1 unspecified atom stereocenters. The third kappa shape index (κ3) is 3.07. The van der Waals surface area contributed by atoms with Crippen LogP contribution in [0.5, 0.6) is 0 Å². The van der Waals surface area contributed by atoms with Crippen LogP contribution in [0.1, 0.15) is 0 Å². The summed E-state index contributed by atoms with van der Waals surface area (Å²) in [7, 11) is -3.16. The predicted molar refractivity (Wildman–Crippen MR) is 165 cm³/mol. The molecular weight excluding hydrogens is 493 g/mol. The number of rotatable bonds is 3. The minimum Gasteiger partial charge on any atom is -0.309 e. The normalized spacial score (nSPS) is 15.9. The quantitative estimate of drug-likeness (QED) is 0.217. The van der Waals surface area contributed by atoms with Gasteiger partial charge in [-0.15, -0.1) is 0 Å². The van der Waals surface area contributed by atoms with Crippen LogP contribution in [-0.2, 0) is 4.57 Å². The molecule has 1 aliphatic rings. The lowest BCUT2D eigenvalue weighted by Crippen LogP contribution is -2.22. The molecule has 0 aliphatic carbocycles. The highest BCUT2D eigenvalue weighted by atomic mass is 31.2. The van der Waals surface area contributed by atoms with Crippen molar-refractivity contribution < 1.29 is 4.57 Å². The van der Waals surface area contributed by atoms with E-state index in [4.69, 9.17) is 0 Å². The van der Waals surface area contributed by atoms with Crippen LogP contribution in [0.2, 0.25) is 0 Å². The van der Waals surface area contributed by atoms with Gasteiger partial charge in [0.15, 0.2) is 7.14 Å². The Hall–Kier alpha value is -4.65. The van der Waals surface area contributed by atoms with Crippen molar-refractivity contribution >= 4 is 44.9 Å². The molecule has 2 nitrogen and oxygen atoms in total. The number of hydrogen-bond donors (Lipinski definition) is 0. The SMILES string of the molecule is O=P1(c2ccccc2)c2ccccc2-c2ccc3c4ccccc4n(-c4ccccc4-c4ccccc4)c3c21. The molecule has 39 heavy (non-hydrogen) atoms. The Kier molecular flexibility index (Phi) is 4.83. The van der Waals surface area contributed by atoms with Crippen LogP contribution in [0, 0.1) is 0 Å². The van der Waals surface area contributed by atoms with Gasteiger partial charge in [-0.1, -0.05) is 133 Å². The van der Waals surface area contributed by atoms with Gasteiger partial charge in [0, 0.05) is 26.9 Å². The number of para-hydroxylation sites is 2. The van der Waals surface area contributed by atoms with E-state index in [9.17, 15) is 0 Å². The van der Waals surface area contributed by atoms with Gasteiger partial charge in [-0.3, -0.25) is 0 Å². The molecule has 0 bridgehead atoms. The molecule has 0 radical (unpaired) electrons. The Balaban J connectivity index is 1.59. The van der Waals surface area contributed by atoms with Gasteiger partial charge in [-0.25, -0.2) is 0 Å². The first-order chi connectivity index (χ1) is 19.3. The molecular formula is C36H24NOP. The lowest BCUT2D eigenvalue weighted by Gasteiger charge is -2.20. The Morgan fingerprint density at radius 3 is 1.95 bits per heavy atom. The van der Waals surface area contributed by atoms with Crippen molar-refractivity contribution in [1.82, 2.24) is 4.57 Å². The molecule has 7 aromatic rings. The Morgan fingerprint density at radius 1 is 0.487 bits per heavy atom. The van der Waals surface area contributed by atoms with E-state index >= 15 is 4.57 Å². The second kappa shape index (κ2) is 8.43. The fourth-order valence-electron chi connectivity index (χ4n) is 6.36. The van der Waals surface area contributed by atoms with Crippen molar-refractivity contribution in [1.29, 1.82) is 0 Å². The Morgan fingerprint density at radius 2 is 1.13 bits per heavy atom. The van der Waals surface area contributed by atoms with Gasteiger partial charge in [0.25, 0.3) is 0 Å². The molecule has 0 saturated heterocycles. The van der Waals surface area contributed by atoms with Crippen molar-refractivity contribution in [3.63, 3.8) is 0 Å². The Bertz CT molecular complexity index is 2090. The zero-order valence-electron chi connectivity index (χ0n) is 21.2. The second-order valence-electron chi connectivity index (χ2n) is 10.1. The highest BCUT2D eigenvalue weighted by Gasteiger charge is 2.42. The van der Waals surface area contributed by atoms with Crippen LogP contribution < -0.4 is 15.9 Å². The summed E-state index contributed by atoms with van der Waals surface area (Å²) in [6, 6.07) is 50.3. The monoisotopic (exact) mass is 517 g/mol. The zero-order chi connectivity index (χ0) is 26.0. The minimum absolute atomic E-state index is 0.872. The highest BCUT2D eigenvalue weighted by Crippen LogP contribution is 2.55. The van der Waals surface area contributed by atoms with Gasteiger partial charge in [0.1, 0.15) is 0 Å². The molecule has 6 aromatic carbocycles. The first-order valence-corrected chi connectivity index (χ1v) is 14.9. The largest absolute Gasteiger partial charge is 0.309 e. The van der Waals surface area contributed by atoms with E-state index in [0.717, 1.165) is 65.7 Å². The number of fused-ring (bicyclic) bond motifs is 7. The first kappa shape index (κ1) is 22.3. The van der Waals surface area contributed by atoms with E-state index in [0.29, 0.717) is 0 Å². The molecule has 1 atom stereocenters. The fraction of sp³-hybridized carbons (Fsp3) is 0. The third-order valence-electron chi connectivity index (χ3n) is 8.01. The minimum atomic E-state index is -3.16. The van der Waals surface area contributed by atoms with E-state index in [-0.39, 0.29) is 0 Å². The maximum absolute atomic E-state index is 15.7. The van der Waals surface area contributed by atoms with Gasteiger partial charge in [-0.05, 0) is 28.8 Å². The van der Waals surface area contributed by atoms with Crippen molar-refractivity contribution in [3.8, 4) is 27.9 Å². The number of hydrogen-bond acceptors (Lipinski definition) is 1. The summed E-state index contributed by atoms with van der Waals surface area (Å²) in [5, 5.41) is 5.01. The number of benzene rings is 6. The van der Waals surface area contributed by atoms with Crippen molar-refractivity contribution in [2.75, 3.05) is 0 Å². The third-order valence-corrected chi connectivity index (χ3v) is 11.2. The summed E-state index contributed by atoms with van der Waals surface area (Å²) in [6.45, 7) is 0. The van der Waals surface area contributed by atoms with Gasteiger partial charge in [-0.2, -0.15) is 0 Å². The number of nitrogens with zero attached hydrogens (tertiary/aromatic N) is 1.